The standard InChI is InChI=1S/C16H16N6O3/c1-10-13(16-19-15(21-25-16)14-17-9-18-20-14)22(12(23)8-24-10)7-11-5-3-2-4-6-11/h2-6,9-10,13H,7-8H2,1H3,(H,17,18,20)/t10-,13+/m1/s1. The minimum atomic E-state index is -0.467. The molecule has 0 unspecified atom stereocenters. The molecular weight excluding hydrogens is 324 g/mol. The monoisotopic (exact) mass is 340 g/mol. The molecular formula is C16H16N6O3. The second kappa shape index (κ2) is 6.44. The first-order valence-electron chi connectivity index (χ1n) is 7.86. The molecule has 128 valence electrons. The Morgan fingerprint density at radius 2 is 2.16 bits per heavy atom. The normalized spacial score (nSPS) is 20.8. The van der Waals surface area contributed by atoms with Crippen LogP contribution in [-0.4, -0.2) is 48.8 Å². The highest BCUT2D eigenvalue weighted by Gasteiger charge is 2.39. The molecule has 0 spiro atoms. The average molecular weight is 340 g/mol. The van der Waals surface area contributed by atoms with Crippen LogP contribution in [0.4, 0.5) is 0 Å². The number of morpholine rings is 1. The number of nitrogens with one attached hydrogen (secondary N) is 1. The maximum atomic E-state index is 12.4. The Balaban J connectivity index is 1.65. The second-order valence-electron chi connectivity index (χ2n) is 5.76. The van der Waals surface area contributed by atoms with Crippen LogP contribution in [0.15, 0.2) is 41.2 Å². The summed E-state index contributed by atoms with van der Waals surface area (Å²) in [5, 5.41) is 10.4. The van der Waals surface area contributed by atoms with Crippen LogP contribution in [0.5, 0.6) is 0 Å². The summed E-state index contributed by atoms with van der Waals surface area (Å²) in [6.07, 6.45) is 1.09. The van der Waals surface area contributed by atoms with Crippen molar-refractivity contribution in [2.75, 3.05) is 6.61 Å². The first-order valence-corrected chi connectivity index (χ1v) is 7.86. The second-order valence-corrected chi connectivity index (χ2v) is 5.76. The zero-order valence-electron chi connectivity index (χ0n) is 13.5. The molecule has 25 heavy (non-hydrogen) atoms. The van der Waals surface area contributed by atoms with Crippen molar-refractivity contribution in [2.24, 2.45) is 0 Å². The lowest BCUT2D eigenvalue weighted by Gasteiger charge is -2.37. The van der Waals surface area contributed by atoms with Gasteiger partial charge < -0.3 is 14.2 Å². The van der Waals surface area contributed by atoms with Crippen molar-refractivity contribution in [1.82, 2.24) is 30.2 Å². The number of aromatic nitrogens is 5. The van der Waals surface area contributed by atoms with Gasteiger partial charge in [0, 0.05) is 6.54 Å². The molecule has 0 radical (unpaired) electrons. The summed E-state index contributed by atoms with van der Waals surface area (Å²) in [5.74, 6) is 0.881. The highest BCUT2D eigenvalue weighted by Crippen LogP contribution is 2.31. The van der Waals surface area contributed by atoms with Crippen LogP contribution >= 0.6 is 0 Å². The van der Waals surface area contributed by atoms with E-state index in [1.165, 1.54) is 6.33 Å². The van der Waals surface area contributed by atoms with Gasteiger partial charge in [0.25, 0.3) is 5.89 Å². The van der Waals surface area contributed by atoms with Crippen LogP contribution in [0.25, 0.3) is 11.6 Å². The number of carbonyl (C=O) groups is 1. The molecule has 3 heterocycles. The minimum absolute atomic E-state index is 0.0353. The largest absolute Gasteiger partial charge is 0.366 e. The van der Waals surface area contributed by atoms with E-state index in [9.17, 15) is 4.79 Å². The number of aromatic amines is 1. The Morgan fingerprint density at radius 3 is 2.92 bits per heavy atom. The first kappa shape index (κ1) is 15.5. The van der Waals surface area contributed by atoms with Gasteiger partial charge in [-0.3, -0.25) is 9.89 Å². The van der Waals surface area contributed by atoms with Crippen molar-refractivity contribution >= 4 is 5.91 Å². The van der Waals surface area contributed by atoms with E-state index in [2.05, 4.69) is 25.3 Å². The molecule has 1 aliphatic rings. The summed E-state index contributed by atoms with van der Waals surface area (Å²) in [5.41, 5.74) is 1.02. The molecule has 1 aromatic carbocycles. The van der Waals surface area contributed by atoms with Crippen molar-refractivity contribution in [3.63, 3.8) is 0 Å². The lowest BCUT2D eigenvalue weighted by atomic mass is 10.1. The molecule has 9 heteroatoms. The average Bonchev–Trinajstić information content (AvgIpc) is 3.30. The van der Waals surface area contributed by atoms with E-state index in [4.69, 9.17) is 9.26 Å². The molecule has 1 aliphatic heterocycles. The van der Waals surface area contributed by atoms with Crippen LogP contribution in [0, 0.1) is 0 Å². The van der Waals surface area contributed by atoms with Crippen LogP contribution < -0.4 is 0 Å². The Morgan fingerprint density at radius 1 is 1.32 bits per heavy atom. The Labute approximate surface area is 143 Å². The highest BCUT2D eigenvalue weighted by molar-refractivity contribution is 5.78. The number of carbonyl (C=O) groups excluding carboxylic acids is 1. The van der Waals surface area contributed by atoms with Crippen molar-refractivity contribution in [3.05, 3.63) is 48.1 Å². The third-order valence-corrected chi connectivity index (χ3v) is 4.09. The molecule has 1 saturated heterocycles. The number of amides is 1. The van der Waals surface area contributed by atoms with Crippen LogP contribution in [0.3, 0.4) is 0 Å². The lowest BCUT2D eigenvalue weighted by Crippen LogP contribution is -2.47. The van der Waals surface area contributed by atoms with Crippen molar-refractivity contribution in [1.29, 1.82) is 0 Å². The molecule has 2 atom stereocenters. The van der Waals surface area contributed by atoms with E-state index in [1.54, 1.807) is 4.90 Å². The van der Waals surface area contributed by atoms with Gasteiger partial charge in [-0.05, 0) is 12.5 Å². The smallest absolute Gasteiger partial charge is 0.252 e. The zero-order valence-corrected chi connectivity index (χ0v) is 13.5. The predicted octanol–water partition coefficient (Wildman–Crippen LogP) is 1.34. The van der Waals surface area contributed by atoms with Gasteiger partial charge in [0.15, 0.2) is 5.82 Å². The van der Waals surface area contributed by atoms with E-state index in [-0.39, 0.29) is 24.4 Å². The van der Waals surface area contributed by atoms with Crippen LogP contribution in [0.1, 0.15) is 24.4 Å². The van der Waals surface area contributed by atoms with E-state index in [0.29, 0.717) is 18.3 Å². The molecule has 0 saturated carbocycles. The zero-order chi connectivity index (χ0) is 17.2. The number of H-pyrrole nitrogens is 1. The topological polar surface area (TPSA) is 110 Å². The Kier molecular flexibility index (Phi) is 3.98. The summed E-state index contributed by atoms with van der Waals surface area (Å²) < 4.78 is 11.0. The van der Waals surface area contributed by atoms with Crippen LogP contribution in [-0.2, 0) is 16.1 Å². The number of hydrogen-bond acceptors (Lipinski definition) is 7. The molecule has 4 rings (SSSR count). The van der Waals surface area contributed by atoms with E-state index in [1.807, 2.05) is 37.3 Å². The molecule has 9 nitrogen and oxygen atoms in total. The maximum absolute atomic E-state index is 12.4. The van der Waals surface area contributed by atoms with Crippen molar-refractivity contribution < 1.29 is 14.1 Å². The highest BCUT2D eigenvalue weighted by atomic mass is 16.5. The predicted molar refractivity (Wildman–Crippen MR) is 84.8 cm³/mol. The number of ether oxygens (including phenoxy) is 1. The number of rotatable bonds is 4. The maximum Gasteiger partial charge on any atom is 0.252 e. The van der Waals surface area contributed by atoms with E-state index in [0.717, 1.165) is 5.56 Å². The minimum Gasteiger partial charge on any atom is -0.366 e. The summed E-state index contributed by atoms with van der Waals surface area (Å²) in [4.78, 5) is 22.5. The summed E-state index contributed by atoms with van der Waals surface area (Å²) in [7, 11) is 0. The van der Waals surface area contributed by atoms with Gasteiger partial charge in [-0.2, -0.15) is 10.1 Å². The number of hydrogen-bond donors (Lipinski definition) is 1. The van der Waals surface area contributed by atoms with Gasteiger partial charge in [-0.15, -0.1) is 0 Å². The quantitative estimate of drug-likeness (QED) is 0.763. The third kappa shape index (κ3) is 3.01. The SMILES string of the molecule is C[C@H]1OCC(=O)N(Cc2ccccc2)[C@@H]1c1nc(-c2ncn[nH]2)no1. The Bertz CT molecular complexity index is 848. The van der Waals surface area contributed by atoms with Gasteiger partial charge in [0.1, 0.15) is 19.0 Å². The molecule has 0 aliphatic carbocycles. The van der Waals surface area contributed by atoms with E-state index >= 15 is 0 Å². The van der Waals surface area contributed by atoms with Crippen molar-refractivity contribution in [2.45, 2.75) is 25.6 Å². The van der Waals surface area contributed by atoms with Gasteiger partial charge in [-0.25, -0.2) is 4.98 Å². The number of nitrogens with zero attached hydrogens (tertiary/aromatic N) is 5. The fourth-order valence-corrected chi connectivity index (χ4v) is 2.85. The van der Waals surface area contributed by atoms with Gasteiger partial charge in [0.05, 0.1) is 6.10 Å². The lowest BCUT2D eigenvalue weighted by molar-refractivity contribution is -0.159. The molecule has 1 amide bonds. The van der Waals surface area contributed by atoms with Gasteiger partial charge in [-0.1, -0.05) is 35.5 Å². The Hall–Kier alpha value is -3.07. The summed E-state index contributed by atoms with van der Waals surface area (Å²) >= 11 is 0. The van der Waals surface area contributed by atoms with Crippen molar-refractivity contribution in [3.8, 4) is 11.6 Å². The van der Waals surface area contributed by atoms with Gasteiger partial charge in [0.2, 0.25) is 11.7 Å². The molecule has 2 aromatic heterocycles. The summed E-state index contributed by atoms with van der Waals surface area (Å²) in [6.45, 7) is 2.36. The number of benzene rings is 1. The molecule has 1 N–H and O–H groups in total. The fourth-order valence-electron chi connectivity index (χ4n) is 2.85. The first-order chi connectivity index (χ1) is 12.2. The molecule has 1 fully saturated rings. The van der Waals surface area contributed by atoms with Crippen LogP contribution in [0.2, 0.25) is 0 Å². The third-order valence-electron chi connectivity index (χ3n) is 4.09. The summed E-state index contributed by atoms with van der Waals surface area (Å²) in [6, 6.07) is 9.29. The van der Waals surface area contributed by atoms with E-state index < -0.39 is 6.04 Å². The molecule has 0 bridgehead atoms. The van der Waals surface area contributed by atoms with Gasteiger partial charge >= 0.3 is 0 Å². The fraction of sp³-hybridized carbons (Fsp3) is 0.312. The molecule has 3 aromatic rings.